The summed E-state index contributed by atoms with van der Waals surface area (Å²) in [4.78, 5) is 8.19. The molecule has 0 amide bonds. The molecule has 0 bridgehead atoms. The van der Waals surface area contributed by atoms with Crippen LogP contribution in [0.3, 0.4) is 0 Å². The molecule has 0 N–H and O–H groups in total. The standard InChI is InChI=1S/C13H13ClN2O2/c1-8-12(15-7-16-13(8)14)9-4-5-10(17-2)11(6-9)18-3/h4-7H,1-3H3. The Balaban J connectivity index is 2.54. The van der Waals surface area contributed by atoms with Gasteiger partial charge in [0.25, 0.3) is 0 Å². The smallest absolute Gasteiger partial charge is 0.161 e. The summed E-state index contributed by atoms with van der Waals surface area (Å²) in [7, 11) is 3.20. The Bertz CT molecular complexity index is 573. The van der Waals surface area contributed by atoms with Crippen molar-refractivity contribution in [3.05, 3.63) is 35.2 Å². The minimum absolute atomic E-state index is 0.454. The maximum absolute atomic E-state index is 5.99. The maximum atomic E-state index is 5.99. The van der Waals surface area contributed by atoms with Crippen LogP contribution in [-0.4, -0.2) is 24.2 Å². The first-order valence-corrected chi connectivity index (χ1v) is 5.74. The highest BCUT2D eigenvalue weighted by atomic mass is 35.5. The monoisotopic (exact) mass is 264 g/mol. The van der Waals surface area contributed by atoms with Crippen molar-refractivity contribution >= 4 is 11.6 Å². The summed E-state index contributed by atoms with van der Waals surface area (Å²) in [5.74, 6) is 1.34. The molecule has 2 rings (SSSR count). The number of nitrogens with zero attached hydrogens (tertiary/aromatic N) is 2. The van der Waals surface area contributed by atoms with Crippen LogP contribution in [0.5, 0.6) is 11.5 Å². The quantitative estimate of drug-likeness (QED) is 0.799. The lowest BCUT2D eigenvalue weighted by molar-refractivity contribution is 0.355. The van der Waals surface area contributed by atoms with Gasteiger partial charge in [-0.05, 0) is 25.1 Å². The van der Waals surface area contributed by atoms with Crippen molar-refractivity contribution in [1.29, 1.82) is 0 Å². The molecule has 4 nitrogen and oxygen atoms in total. The molecular weight excluding hydrogens is 252 g/mol. The van der Waals surface area contributed by atoms with E-state index in [0.29, 0.717) is 16.7 Å². The van der Waals surface area contributed by atoms with Crippen molar-refractivity contribution in [1.82, 2.24) is 9.97 Å². The van der Waals surface area contributed by atoms with Gasteiger partial charge >= 0.3 is 0 Å². The first-order valence-electron chi connectivity index (χ1n) is 5.37. The average Bonchev–Trinajstić information content (AvgIpc) is 2.41. The number of methoxy groups -OCH3 is 2. The van der Waals surface area contributed by atoms with E-state index in [1.807, 2.05) is 25.1 Å². The average molecular weight is 265 g/mol. The number of aromatic nitrogens is 2. The SMILES string of the molecule is COc1ccc(-c2ncnc(Cl)c2C)cc1OC. The summed E-state index contributed by atoms with van der Waals surface area (Å²) in [5, 5.41) is 0.454. The predicted molar refractivity (Wildman–Crippen MR) is 70.3 cm³/mol. The maximum Gasteiger partial charge on any atom is 0.161 e. The molecule has 1 aromatic carbocycles. The lowest BCUT2D eigenvalue weighted by Gasteiger charge is -2.10. The molecule has 0 unspecified atom stereocenters. The molecule has 0 aliphatic heterocycles. The summed E-state index contributed by atoms with van der Waals surface area (Å²) in [6.45, 7) is 1.88. The van der Waals surface area contributed by atoms with Gasteiger partial charge in [0.05, 0.1) is 19.9 Å². The number of hydrogen-bond acceptors (Lipinski definition) is 4. The highest BCUT2D eigenvalue weighted by molar-refractivity contribution is 6.30. The van der Waals surface area contributed by atoms with Gasteiger partial charge in [-0.15, -0.1) is 0 Å². The molecule has 5 heteroatoms. The Kier molecular flexibility index (Phi) is 3.67. The Morgan fingerprint density at radius 2 is 1.78 bits per heavy atom. The fourth-order valence-electron chi connectivity index (χ4n) is 1.70. The van der Waals surface area contributed by atoms with Gasteiger partial charge < -0.3 is 9.47 Å². The summed E-state index contributed by atoms with van der Waals surface area (Å²) >= 11 is 5.99. The molecule has 2 aromatic rings. The van der Waals surface area contributed by atoms with Crippen LogP contribution < -0.4 is 9.47 Å². The number of halogens is 1. The Morgan fingerprint density at radius 1 is 1.06 bits per heavy atom. The molecule has 1 heterocycles. The second kappa shape index (κ2) is 5.23. The van der Waals surface area contributed by atoms with Crippen LogP contribution in [0.25, 0.3) is 11.3 Å². The lowest BCUT2D eigenvalue weighted by Crippen LogP contribution is -1.94. The van der Waals surface area contributed by atoms with Crippen molar-refractivity contribution in [3.63, 3.8) is 0 Å². The summed E-state index contributed by atoms with van der Waals surface area (Å²) < 4.78 is 10.5. The summed E-state index contributed by atoms with van der Waals surface area (Å²) in [5.41, 5.74) is 2.54. The second-order valence-electron chi connectivity index (χ2n) is 3.71. The minimum Gasteiger partial charge on any atom is -0.493 e. The highest BCUT2D eigenvalue weighted by Crippen LogP contribution is 2.33. The Morgan fingerprint density at radius 3 is 2.44 bits per heavy atom. The van der Waals surface area contributed by atoms with Gasteiger partial charge in [-0.3, -0.25) is 0 Å². The van der Waals surface area contributed by atoms with Crippen LogP contribution in [0.4, 0.5) is 0 Å². The molecule has 0 aliphatic rings. The first-order chi connectivity index (χ1) is 8.67. The van der Waals surface area contributed by atoms with Crippen molar-refractivity contribution < 1.29 is 9.47 Å². The van der Waals surface area contributed by atoms with Crippen molar-refractivity contribution in [2.45, 2.75) is 6.92 Å². The van der Waals surface area contributed by atoms with Crippen molar-refractivity contribution in [2.75, 3.05) is 14.2 Å². The van der Waals surface area contributed by atoms with Gasteiger partial charge in [0.2, 0.25) is 0 Å². The summed E-state index contributed by atoms with van der Waals surface area (Å²) in [6, 6.07) is 5.61. The van der Waals surface area contributed by atoms with Gasteiger partial charge in [0.15, 0.2) is 11.5 Å². The van der Waals surface area contributed by atoms with E-state index in [4.69, 9.17) is 21.1 Å². The van der Waals surface area contributed by atoms with Crippen LogP contribution in [0, 0.1) is 6.92 Å². The molecular formula is C13H13ClN2O2. The van der Waals surface area contributed by atoms with E-state index >= 15 is 0 Å². The van der Waals surface area contributed by atoms with Crippen LogP contribution in [-0.2, 0) is 0 Å². The Labute approximate surface area is 111 Å². The van der Waals surface area contributed by atoms with E-state index in [-0.39, 0.29) is 0 Å². The van der Waals surface area contributed by atoms with Gasteiger partial charge in [-0.1, -0.05) is 11.6 Å². The molecule has 0 saturated carbocycles. The van der Waals surface area contributed by atoms with Gasteiger partial charge in [0, 0.05) is 11.1 Å². The molecule has 0 radical (unpaired) electrons. The van der Waals surface area contributed by atoms with E-state index in [1.165, 1.54) is 6.33 Å². The van der Waals surface area contributed by atoms with Crippen LogP contribution >= 0.6 is 11.6 Å². The summed E-state index contributed by atoms with van der Waals surface area (Å²) in [6.07, 6.45) is 1.45. The third-order valence-corrected chi connectivity index (χ3v) is 3.06. The van der Waals surface area contributed by atoms with E-state index in [9.17, 15) is 0 Å². The van der Waals surface area contributed by atoms with E-state index in [2.05, 4.69) is 9.97 Å². The zero-order valence-electron chi connectivity index (χ0n) is 10.4. The van der Waals surface area contributed by atoms with E-state index < -0.39 is 0 Å². The normalized spacial score (nSPS) is 10.2. The topological polar surface area (TPSA) is 44.2 Å². The fraction of sp³-hybridized carbons (Fsp3) is 0.231. The zero-order valence-corrected chi connectivity index (χ0v) is 11.2. The largest absolute Gasteiger partial charge is 0.493 e. The van der Waals surface area contributed by atoms with Crippen molar-refractivity contribution in [2.24, 2.45) is 0 Å². The minimum atomic E-state index is 0.454. The molecule has 0 spiro atoms. The first kappa shape index (κ1) is 12.6. The highest BCUT2D eigenvalue weighted by Gasteiger charge is 2.11. The van der Waals surface area contributed by atoms with Gasteiger partial charge in [-0.2, -0.15) is 0 Å². The van der Waals surface area contributed by atoms with E-state index in [0.717, 1.165) is 16.8 Å². The molecule has 0 aliphatic carbocycles. The van der Waals surface area contributed by atoms with Crippen molar-refractivity contribution in [3.8, 4) is 22.8 Å². The number of rotatable bonds is 3. The zero-order chi connectivity index (χ0) is 13.1. The third kappa shape index (κ3) is 2.24. The predicted octanol–water partition coefficient (Wildman–Crippen LogP) is 3.12. The second-order valence-corrected chi connectivity index (χ2v) is 4.07. The van der Waals surface area contributed by atoms with Gasteiger partial charge in [-0.25, -0.2) is 9.97 Å². The van der Waals surface area contributed by atoms with Crippen LogP contribution in [0.2, 0.25) is 5.15 Å². The molecule has 0 saturated heterocycles. The van der Waals surface area contributed by atoms with Crippen LogP contribution in [0.1, 0.15) is 5.56 Å². The van der Waals surface area contributed by atoms with E-state index in [1.54, 1.807) is 14.2 Å². The molecule has 0 fully saturated rings. The van der Waals surface area contributed by atoms with Gasteiger partial charge in [0.1, 0.15) is 11.5 Å². The molecule has 0 atom stereocenters. The lowest BCUT2D eigenvalue weighted by atomic mass is 10.1. The number of benzene rings is 1. The molecule has 18 heavy (non-hydrogen) atoms. The number of ether oxygens (including phenoxy) is 2. The third-order valence-electron chi connectivity index (χ3n) is 2.68. The van der Waals surface area contributed by atoms with Crippen LogP contribution in [0.15, 0.2) is 24.5 Å². The number of hydrogen-bond donors (Lipinski definition) is 0. The molecule has 1 aromatic heterocycles. The Hall–Kier alpha value is -1.81. The fourth-order valence-corrected chi connectivity index (χ4v) is 1.84. The molecule has 94 valence electrons.